The first-order valence-corrected chi connectivity index (χ1v) is 12.4. The Morgan fingerprint density at radius 3 is 2.65 bits per heavy atom. The molecule has 0 amide bonds. The Morgan fingerprint density at radius 2 is 2.03 bits per heavy atom. The number of aliphatic hydroxyl groups is 1. The van der Waals surface area contributed by atoms with Gasteiger partial charge in [-0.1, -0.05) is 0 Å². The zero-order valence-electron chi connectivity index (χ0n) is 18.2. The zero-order valence-corrected chi connectivity index (χ0v) is 19.0. The molecule has 1 N–H and O–H groups in total. The van der Waals surface area contributed by atoms with Crippen LogP contribution in [-0.2, 0) is 10.0 Å². The van der Waals surface area contributed by atoms with Crippen molar-refractivity contribution in [2.45, 2.75) is 64.5 Å². The molecule has 2 aromatic heterocycles. The summed E-state index contributed by atoms with van der Waals surface area (Å²) in [5.74, 6) is 0.346. The van der Waals surface area contributed by atoms with Crippen molar-refractivity contribution in [3.05, 3.63) is 28.2 Å². The Morgan fingerprint density at radius 1 is 1.32 bits per heavy atom. The van der Waals surface area contributed by atoms with E-state index in [9.17, 15) is 18.3 Å². The number of hydrogen-bond donors (Lipinski definition) is 1. The summed E-state index contributed by atoms with van der Waals surface area (Å²) < 4.78 is 27.2. The minimum atomic E-state index is -3.20. The third kappa shape index (κ3) is 4.16. The standard InChI is InChI=1S/C21H29N5O4S/c1-4-31(29,30)25-10-7-16(8-11-25)23-20-22-13-15-12-14(2)19(27)26(18(15)24-20)17-6-5-9-21(17,3)28/h12-13,17,28H,4-11H2,1-3H3/t17-,21-/m0/s1. The second kappa shape index (κ2) is 8.07. The van der Waals surface area contributed by atoms with E-state index in [1.54, 1.807) is 37.6 Å². The van der Waals surface area contributed by atoms with E-state index in [0.717, 1.165) is 17.5 Å². The summed E-state index contributed by atoms with van der Waals surface area (Å²) in [4.78, 5) is 26.5. The highest BCUT2D eigenvalue weighted by Crippen LogP contribution is 2.39. The Balaban J connectivity index is 1.70. The first-order valence-electron chi connectivity index (χ1n) is 10.8. The van der Waals surface area contributed by atoms with Crippen molar-refractivity contribution in [2.24, 2.45) is 4.99 Å². The number of sulfonamides is 1. The highest BCUT2D eigenvalue weighted by Gasteiger charge is 2.39. The first kappa shape index (κ1) is 22.0. The van der Waals surface area contributed by atoms with E-state index in [0.29, 0.717) is 50.0 Å². The van der Waals surface area contributed by atoms with Crippen LogP contribution in [0.15, 0.2) is 22.1 Å². The van der Waals surface area contributed by atoms with Gasteiger partial charge in [-0.25, -0.2) is 22.7 Å². The second-order valence-electron chi connectivity index (χ2n) is 8.69. The van der Waals surface area contributed by atoms with Crippen LogP contribution in [0.4, 0.5) is 5.95 Å². The fourth-order valence-corrected chi connectivity index (χ4v) is 5.69. The van der Waals surface area contributed by atoms with Gasteiger partial charge in [-0.15, -0.1) is 0 Å². The third-order valence-electron chi connectivity index (χ3n) is 6.45. The Kier molecular flexibility index (Phi) is 5.74. The van der Waals surface area contributed by atoms with E-state index in [-0.39, 0.29) is 23.3 Å². The summed E-state index contributed by atoms with van der Waals surface area (Å²) >= 11 is 0. The molecular formula is C21H29N5O4S. The molecule has 0 radical (unpaired) electrons. The lowest BCUT2D eigenvalue weighted by Gasteiger charge is -2.28. The molecule has 0 bridgehead atoms. The number of pyridine rings is 1. The second-order valence-corrected chi connectivity index (χ2v) is 11.0. The maximum atomic E-state index is 13.0. The van der Waals surface area contributed by atoms with Crippen LogP contribution in [0.2, 0.25) is 0 Å². The average Bonchev–Trinajstić information content (AvgIpc) is 3.08. The molecule has 1 saturated carbocycles. The normalized spacial score (nSPS) is 25.3. The summed E-state index contributed by atoms with van der Waals surface area (Å²) in [6.07, 6.45) is 4.90. The highest BCUT2D eigenvalue weighted by molar-refractivity contribution is 7.89. The SMILES string of the molecule is CCS(=O)(=O)N1CCC(=Nc2ncc3cc(C)c(=O)n([C@H]4CCC[C@]4(C)O)c3n2)CC1. The predicted molar refractivity (Wildman–Crippen MR) is 119 cm³/mol. The Labute approximate surface area is 181 Å². The van der Waals surface area contributed by atoms with Crippen molar-refractivity contribution in [1.29, 1.82) is 0 Å². The largest absolute Gasteiger partial charge is 0.388 e. The van der Waals surface area contributed by atoms with E-state index in [1.807, 2.05) is 0 Å². The van der Waals surface area contributed by atoms with E-state index in [2.05, 4.69) is 15.0 Å². The number of aromatic nitrogens is 3. The fourth-order valence-electron chi connectivity index (χ4n) is 4.59. The molecule has 1 saturated heterocycles. The summed E-state index contributed by atoms with van der Waals surface area (Å²) in [6.45, 7) is 5.97. The van der Waals surface area contributed by atoms with Gasteiger partial charge >= 0.3 is 0 Å². The van der Waals surface area contributed by atoms with Crippen molar-refractivity contribution in [2.75, 3.05) is 18.8 Å². The van der Waals surface area contributed by atoms with Crippen LogP contribution in [0.3, 0.4) is 0 Å². The van der Waals surface area contributed by atoms with Crippen molar-refractivity contribution in [1.82, 2.24) is 18.8 Å². The molecule has 2 aliphatic rings. The molecule has 0 spiro atoms. The van der Waals surface area contributed by atoms with Gasteiger partial charge in [0, 0.05) is 35.9 Å². The van der Waals surface area contributed by atoms with Gasteiger partial charge in [0.15, 0.2) is 0 Å². The van der Waals surface area contributed by atoms with Crippen molar-refractivity contribution in [3.63, 3.8) is 0 Å². The Bertz CT molecular complexity index is 1190. The zero-order chi connectivity index (χ0) is 22.4. The number of fused-ring (bicyclic) bond motifs is 1. The van der Waals surface area contributed by atoms with Gasteiger partial charge in [0.2, 0.25) is 10.0 Å². The van der Waals surface area contributed by atoms with Crippen LogP contribution >= 0.6 is 0 Å². The van der Waals surface area contributed by atoms with E-state index >= 15 is 0 Å². The third-order valence-corrected chi connectivity index (χ3v) is 8.33. The summed E-state index contributed by atoms with van der Waals surface area (Å²) in [7, 11) is -3.20. The first-order chi connectivity index (χ1) is 14.6. The van der Waals surface area contributed by atoms with Gasteiger partial charge in [-0.2, -0.15) is 4.98 Å². The number of nitrogens with zero attached hydrogens (tertiary/aromatic N) is 5. The molecular weight excluding hydrogens is 418 g/mol. The van der Waals surface area contributed by atoms with Gasteiger partial charge in [0.1, 0.15) is 5.65 Å². The number of hydrogen-bond acceptors (Lipinski definition) is 7. The minimum absolute atomic E-state index is 0.0924. The van der Waals surface area contributed by atoms with Crippen molar-refractivity contribution in [3.8, 4) is 0 Å². The highest BCUT2D eigenvalue weighted by atomic mass is 32.2. The number of rotatable bonds is 4. The summed E-state index contributed by atoms with van der Waals surface area (Å²) in [5.41, 5.74) is 0.774. The molecule has 2 atom stereocenters. The molecule has 1 aliphatic heterocycles. The van der Waals surface area contributed by atoms with E-state index in [1.165, 1.54) is 4.31 Å². The van der Waals surface area contributed by atoms with Gasteiger partial charge in [0.25, 0.3) is 11.5 Å². The lowest BCUT2D eigenvalue weighted by molar-refractivity contribution is 0.0266. The maximum Gasteiger partial charge on any atom is 0.255 e. The molecule has 2 aromatic rings. The molecule has 3 heterocycles. The lowest BCUT2D eigenvalue weighted by atomic mass is 9.99. The molecule has 1 aliphatic carbocycles. The molecule has 168 valence electrons. The van der Waals surface area contributed by atoms with Crippen molar-refractivity contribution < 1.29 is 13.5 Å². The monoisotopic (exact) mass is 447 g/mol. The molecule has 10 heteroatoms. The van der Waals surface area contributed by atoms with Crippen LogP contribution in [0, 0.1) is 6.92 Å². The molecule has 4 rings (SSSR count). The van der Waals surface area contributed by atoms with Crippen LogP contribution in [0.1, 0.15) is 57.6 Å². The van der Waals surface area contributed by atoms with Gasteiger partial charge in [0.05, 0.1) is 17.4 Å². The molecule has 0 unspecified atom stereocenters. The average molecular weight is 448 g/mol. The van der Waals surface area contributed by atoms with Gasteiger partial charge in [-0.05, 0) is 58.9 Å². The van der Waals surface area contributed by atoms with Crippen LogP contribution in [0.5, 0.6) is 0 Å². The number of aliphatic imine (C=N–C) groups is 1. The Hall–Kier alpha value is -2.17. The molecule has 0 aromatic carbocycles. The molecule has 9 nitrogen and oxygen atoms in total. The minimum Gasteiger partial charge on any atom is -0.388 e. The van der Waals surface area contributed by atoms with Gasteiger partial charge in [-0.3, -0.25) is 9.36 Å². The number of aryl methyl sites for hydroxylation is 1. The van der Waals surface area contributed by atoms with Crippen LogP contribution < -0.4 is 5.56 Å². The summed E-state index contributed by atoms with van der Waals surface area (Å²) in [5, 5.41) is 11.6. The molecule has 2 fully saturated rings. The van der Waals surface area contributed by atoms with Crippen LogP contribution in [-0.4, -0.2) is 62.5 Å². The smallest absolute Gasteiger partial charge is 0.255 e. The predicted octanol–water partition coefficient (Wildman–Crippen LogP) is 2.09. The van der Waals surface area contributed by atoms with E-state index < -0.39 is 15.6 Å². The molecule has 31 heavy (non-hydrogen) atoms. The van der Waals surface area contributed by atoms with Crippen molar-refractivity contribution >= 4 is 32.7 Å². The van der Waals surface area contributed by atoms with Gasteiger partial charge < -0.3 is 5.11 Å². The maximum absolute atomic E-state index is 13.0. The van der Waals surface area contributed by atoms with Crippen LogP contribution in [0.25, 0.3) is 11.0 Å². The topological polar surface area (TPSA) is 118 Å². The number of piperidine rings is 1. The van der Waals surface area contributed by atoms with E-state index in [4.69, 9.17) is 0 Å². The summed E-state index contributed by atoms with van der Waals surface area (Å²) in [6, 6.07) is 1.42. The lowest BCUT2D eigenvalue weighted by Crippen LogP contribution is -2.39. The fraction of sp³-hybridized carbons (Fsp3) is 0.619. The quantitative estimate of drug-likeness (QED) is 0.767.